The van der Waals surface area contributed by atoms with E-state index in [9.17, 15) is 14.0 Å². The summed E-state index contributed by atoms with van der Waals surface area (Å²) in [7, 11) is 0. The zero-order chi connectivity index (χ0) is 24.1. The van der Waals surface area contributed by atoms with E-state index in [1.165, 1.54) is 35.6 Å². The molecule has 1 aliphatic rings. The zero-order valence-corrected chi connectivity index (χ0v) is 20.0. The Morgan fingerprint density at radius 1 is 1.09 bits per heavy atom. The van der Waals surface area contributed by atoms with Crippen LogP contribution in [0.25, 0.3) is 11.3 Å². The molecule has 3 N–H and O–H groups in total. The molecule has 9 heteroatoms. The third-order valence-electron chi connectivity index (χ3n) is 5.64. The van der Waals surface area contributed by atoms with Crippen LogP contribution in [0, 0.1) is 5.82 Å². The van der Waals surface area contributed by atoms with Gasteiger partial charge in [-0.15, -0.1) is 0 Å². The largest absolute Gasteiger partial charge is 0.338 e. The Hall–Kier alpha value is -3.14. The van der Waals surface area contributed by atoms with Crippen molar-refractivity contribution < 1.29 is 14.0 Å². The minimum atomic E-state index is -1.21. The molecule has 1 aliphatic heterocycles. The molecule has 3 aromatic rings. The second-order valence-corrected chi connectivity index (χ2v) is 9.81. The number of carbonyl (C=O) groups is 2. The van der Waals surface area contributed by atoms with Gasteiger partial charge in [0.05, 0.1) is 5.69 Å². The van der Waals surface area contributed by atoms with Crippen molar-refractivity contribution in [3.8, 4) is 11.3 Å². The highest BCUT2D eigenvalue weighted by molar-refractivity contribution is 7.16. The van der Waals surface area contributed by atoms with Crippen molar-refractivity contribution in [3.63, 3.8) is 0 Å². The van der Waals surface area contributed by atoms with Crippen molar-refractivity contribution in [2.45, 2.75) is 25.9 Å². The summed E-state index contributed by atoms with van der Waals surface area (Å²) in [6.45, 7) is 7.81. The summed E-state index contributed by atoms with van der Waals surface area (Å²) in [5.41, 5.74) is 0.921. The number of thiazole rings is 1. The number of aromatic nitrogens is 1. The molecule has 2 aromatic carbocycles. The molecule has 1 fully saturated rings. The van der Waals surface area contributed by atoms with Crippen LogP contribution in [0.1, 0.15) is 29.1 Å². The van der Waals surface area contributed by atoms with Crippen LogP contribution in [0.15, 0.2) is 54.6 Å². The Morgan fingerprint density at radius 2 is 1.76 bits per heavy atom. The third-order valence-corrected chi connectivity index (χ3v) is 6.60. The number of rotatable bonds is 7. The second kappa shape index (κ2) is 10.4. The van der Waals surface area contributed by atoms with Gasteiger partial charge in [0.25, 0.3) is 11.8 Å². The minimum Gasteiger partial charge on any atom is -0.338 e. The molecule has 2 amide bonds. The molecule has 0 bridgehead atoms. The van der Waals surface area contributed by atoms with Gasteiger partial charge in [-0.3, -0.25) is 19.8 Å². The van der Waals surface area contributed by atoms with E-state index in [-0.39, 0.29) is 11.5 Å². The summed E-state index contributed by atoms with van der Waals surface area (Å²) in [6.07, 6.45) is 0. The number of benzene rings is 2. The smallest absolute Gasteiger partial charge is 0.252 e. The topological polar surface area (TPSA) is 86.4 Å². The first-order chi connectivity index (χ1) is 16.3. The SMILES string of the molecule is CC(C)(NC(=O)c1ccc(F)cc1)C(=O)Nc1nc(-c2ccccc2)c(CN2CCNCC2)s1. The molecule has 0 unspecified atom stereocenters. The van der Waals surface area contributed by atoms with E-state index in [1.807, 2.05) is 30.3 Å². The van der Waals surface area contributed by atoms with Gasteiger partial charge in [-0.25, -0.2) is 9.37 Å². The van der Waals surface area contributed by atoms with Gasteiger partial charge in [0.2, 0.25) is 0 Å². The Morgan fingerprint density at radius 3 is 2.44 bits per heavy atom. The van der Waals surface area contributed by atoms with Crippen LogP contribution in [0.5, 0.6) is 0 Å². The highest BCUT2D eigenvalue weighted by atomic mass is 32.1. The van der Waals surface area contributed by atoms with Crippen LogP contribution in [-0.4, -0.2) is 53.4 Å². The lowest BCUT2D eigenvalue weighted by Gasteiger charge is -2.26. The Kier molecular flexibility index (Phi) is 7.35. The molecule has 4 rings (SSSR count). The first-order valence-corrected chi connectivity index (χ1v) is 12.0. The number of halogens is 1. The van der Waals surface area contributed by atoms with E-state index in [4.69, 9.17) is 4.98 Å². The predicted octanol–water partition coefficient (Wildman–Crippen LogP) is 3.50. The van der Waals surface area contributed by atoms with E-state index in [1.54, 1.807) is 13.8 Å². The molecule has 1 saturated heterocycles. The summed E-state index contributed by atoms with van der Waals surface area (Å²) >= 11 is 1.45. The first kappa shape index (κ1) is 24.0. The van der Waals surface area contributed by atoms with E-state index in [2.05, 4.69) is 20.9 Å². The average molecular weight is 482 g/mol. The predicted molar refractivity (Wildman–Crippen MR) is 132 cm³/mol. The Balaban J connectivity index is 1.50. The minimum absolute atomic E-state index is 0.279. The fourth-order valence-corrected chi connectivity index (χ4v) is 4.70. The lowest BCUT2D eigenvalue weighted by molar-refractivity contribution is -0.120. The molecular weight excluding hydrogens is 453 g/mol. The summed E-state index contributed by atoms with van der Waals surface area (Å²) in [6, 6.07) is 15.1. The molecule has 34 heavy (non-hydrogen) atoms. The monoisotopic (exact) mass is 481 g/mol. The number of nitrogens with zero attached hydrogens (tertiary/aromatic N) is 2. The fraction of sp³-hybridized carbons (Fsp3) is 0.320. The highest BCUT2D eigenvalue weighted by Gasteiger charge is 2.31. The first-order valence-electron chi connectivity index (χ1n) is 11.2. The Labute approximate surface area is 202 Å². The zero-order valence-electron chi connectivity index (χ0n) is 19.2. The van der Waals surface area contributed by atoms with Crippen LogP contribution in [0.2, 0.25) is 0 Å². The van der Waals surface area contributed by atoms with Gasteiger partial charge < -0.3 is 10.6 Å². The van der Waals surface area contributed by atoms with Crippen molar-refractivity contribution >= 4 is 28.3 Å². The van der Waals surface area contributed by atoms with Gasteiger partial charge in [0.15, 0.2) is 5.13 Å². The molecule has 0 saturated carbocycles. The number of anilines is 1. The van der Waals surface area contributed by atoms with Crippen LogP contribution in [0.3, 0.4) is 0 Å². The molecule has 0 radical (unpaired) electrons. The number of amides is 2. The van der Waals surface area contributed by atoms with Crippen molar-refractivity contribution in [2.75, 3.05) is 31.5 Å². The van der Waals surface area contributed by atoms with E-state index < -0.39 is 17.3 Å². The molecule has 178 valence electrons. The molecular formula is C25H28FN5O2S. The molecule has 0 spiro atoms. The lowest BCUT2D eigenvalue weighted by Crippen LogP contribution is -2.52. The van der Waals surface area contributed by atoms with Crippen molar-refractivity contribution in [1.82, 2.24) is 20.5 Å². The Bertz CT molecular complexity index is 1140. The summed E-state index contributed by atoms with van der Waals surface area (Å²) in [5.74, 6) is -1.27. The van der Waals surface area contributed by atoms with Crippen LogP contribution in [-0.2, 0) is 11.3 Å². The van der Waals surface area contributed by atoms with E-state index >= 15 is 0 Å². The fourth-order valence-electron chi connectivity index (χ4n) is 3.67. The van der Waals surface area contributed by atoms with Gasteiger partial charge in [0, 0.05) is 48.7 Å². The number of nitrogens with one attached hydrogen (secondary N) is 3. The van der Waals surface area contributed by atoms with Gasteiger partial charge in [0.1, 0.15) is 11.4 Å². The summed E-state index contributed by atoms with van der Waals surface area (Å²) in [4.78, 5) is 33.8. The van der Waals surface area contributed by atoms with Gasteiger partial charge in [-0.2, -0.15) is 0 Å². The van der Waals surface area contributed by atoms with Crippen molar-refractivity contribution in [3.05, 3.63) is 70.9 Å². The standard InChI is InChI=1S/C25H28FN5O2S/c1-25(2,30-22(32)18-8-10-19(26)11-9-18)23(33)29-24-28-21(17-6-4-3-5-7-17)20(34-24)16-31-14-12-27-13-15-31/h3-11,27H,12-16H2,1-2H3,(H,30,32)(H,28,29,33). The molecule has 7 nitrogen and oxygen atoms in total. The number of hydrogen-bond acceptors (Lipinski definition) is 6. The number of carbonyl (C=O) groups excluding carboxylic acids is 2. The molecule has 0 aliphatic carbocycles. The summed E-state index contributed by atoms with van der Waals surface area (Å²) in [5, 5.41) is 9.44. The van der Waals surface area contributed by atoms with Crippen molar-refractivity contribution in [2.24, 2.45) is 0 Å². The van der Waals surface area contributed by atoms with E-state index in [0.717, 1.165) is 48.9 Å². The maximum atomic E-state index is 13.2. The van der Waals surface area contributed by atoms with Crippen molar-refractivity contribution in [1.29, 1.82) is 0 Å². The third kappa shape index (κ3) is 5.85. The molecule has 0 atom stereocenters. The van der Waals surface area contributed by atoms with Crippen LogP contribution >= 0.6 is 11.3 Å². The highest BCUT2D eigenvalue weighted by Crippen LogP contribution is 2.32. The maximum absolute atomic E-state index is 13.2. The molecule has 1 aromatic heterocycles. The lowest BCUT2D eigenvalue weighted by atomic mass is 10.0. The van der Waals surface area contributed by atoms with E-state index in [0.29, 0.717) is 5.13 Å². The second-order valence-electron chi connectivity index (χ2n) is 8.72. The number of hydrogen-bond donors (Lipinski definition) is 3. The van der Waals surface area contributed by atoms with Gasteiger partial charge in [-0.1, -0.05) is 41.7 Å². The maximum Gasteiger partial charge on any atom is 0.252 e. The average Bonchev–Trinajstić information content (AvgIpc) is 3.22. The van der Waals surface area contributed by atoms with Gasteiger partial charge in [-0.05, 0) is 38.1 Å². The summed E-state index contributed by atoms with van der Waals surface area (Å²) < 4.78 is 13.2. The van der Waals surface area contributed by atoms with Gasteiger partial charge >= 0.3 is 0 Å². The molecule has 2 heterocycles. The number of piperazine rings is 1. The van der Waals surface area contributed by atoms with Crippen LogP contribution in [0.4, 0.5) is 9.52 Å². The van der Waals surface area contributed by atoms with Crippen LogP contribution < -0.4 is 16.0 Å². The quantitative estimate of drug-likeness (QED) is 0.481. The normalized spacial score (nSPS) is 14.6.